The number of hydrogen-bond acceptors (Lipinski definition) is 8. The fourth-order valence-electron chi connectivity index (χ4n) is 8.97. The van der Waals surface area contributed by atoms with E-state index >= 15 is 0 Å². The summed E-state index contributed by atoms with van der Waals surface area (Å²) in [5, 5.41) is 54.6. The van der Waals surface area contributed by atoms with Crippen LogP contribution in [0, 0.1) is 0 Å². The monoisotopic (exact) mass is 1060 g/mol. The van der Waals surface area contributed by atoms with E-state index in [9.17, 15) is 30.3 Å². The summed E-state index contributed by atoms with van der Waals surface area (Å²) in [6, 6.07) is -0.833. The summed E-state index contributed by atoms with van der Waals surface area (Å²) in [6.07, 6.45) is 75.5. The van der Waals surface area contributed by atoms with Crippen LogP contribution in [0.1, 0.15) is 239 Å². The van der Waals surface area contributed by atoms with Gasteiger partial charge in [-0.2, -0.15) is 0 Å². The van der Waals surface area contributed by atoms with E-state index in [4.69, 9.17) is 9.47 Å². The molecule has 0 aliphatic carbocycles. The molecule has 1 amide bonds. The summed E-state index contributed by atoms with van der Waals surface area (Å²) in [4.78, 5) is 13.1. The predicted octanol–water partition coefficient (Wildman–Crippen LogP) is 15.9. The maximum atomic E-state index is 13.1. The van der Waals surface area contributed by atoms with Gasteiger partial charge in [0.1, 0.15) is 24.4 Å². The van der Waals surface area contributed by atoms with Crippen LogP contribution < -0.4 is 5.32 Å². The van der Waals surface area contributed by atoms with E-state index in [1.807, 2.05) is 6.08 Å². The van der Waals surface area contributed by atoms with Gasteiger partial charge in [-0.3, -0.25) is 4.79 Å². The average Bonchev–Trinajstić information content (AvgIpc) is 3.42. The van der Waals surface area contributed by atoms with Gasteiger partial charge in [0.25, 0.3) is 0 Å². The number of rotatable bonds is 51. The van der Waals surface area contributed by atoms with Crippen molar-refractivity contribution >= 4 is 5.91 Å². The summed E-state index contributed by atoms with van der Waals surface area (Å²) < 4.78 is 11.3. The lowest BCUT2D eigenvalue weighted by Gasteiger charge is -2.40. The van der Waals surface area contributed by atoms with Crippen molar-refractivity contribution in [1.82, 2.24) is 5.32 Å². The number of amides is 1. The second kappa shape index (κ2) is 54.9. The van der Waals surface area contributed by atoms with Crippen LogP contribution in [0.4, 0.5) is 0 Å². The Morgan fingerprint density at radius 3 is 1.21 bits per heavy atom. The van der Waals surface area contributed by atoms with Gasteiger partial charge in [0.2, 0.25) is 5.91 Å². The number of aliphatic hydroxyl groups excluding tert-OH is 5. The Bertz CT molecular complexity index is 1610. The summed E-state index contributed by atoms with van der Waals surface area (Å²) in [5.41, 5.74) is 0. The number of aliphatic hydroxyl groups is 5. The van der Waals surface area contributed by atoms with Gasteiger partial charge >= 0.3 is 0 Å². The second-order valence-corrected chi connectivity index (χ2v) is 20.8. The normalized spacial score (nSPS) is 19.7. The first-order valence-electron chi connectivity index (χ1n) is 30.8. The van der Waals surface area contributed by atoms with Gasteiger partial charge in [-0.15, -0.1) is 0 Å². The number of carbonyl (C=O) groups is 1. The first-order valence-corrected chi connectivity index (χ1v) is 30.8. The lowest BCUT2D eigenvalue weighted by molar-refractivity contribution is -0.302. The Kier molecular flexibility index (Phi) is 51.0. The van der Waals surface area contributed by atoms with Crippen molar-refractivity contribution in [1.29, 1.82) is 0 Å². The van der Waals surface area contributed by atoms with Crippen molar-refractivity contribution < 1.29 is 39.8 Å². The molecule has 9 heteroatoms. The molecule has 0 aromatic carbocycles. The summed E-state index contributed by atoms with van der Waals surface area (Å²) in [5.74, 6) is -0.212. The SMILES string of the molecule is CC/C=C\C/C=C\C/C=C\C/C=C\C/C=C\C/C=C\C/C=C\C/C=C\C/C=C\CCCCCC(=O)NC(COC1OC(CO)C(O)C(O)C1O)C(O)/C=C/CCCCCCCCCCCCCCCCCCCCCC. The molecule has 6 N–H and O–H groups in total. The highest BCUT2D eigenvalue weighted by Gasteiger charge is 2.44. The van der Waals surface area contributed by atoms with Crippen molar-refractivity contribution in [2.45, 2.75) is 281 Å². The van der Waals surface area contributed by atoms with E-state index in [1.165, 1.54) is 116 Å². The highest BCUT2D eigenvalue weighted by Crippen LogP contribution is 2.23. The molecule has 0 spiro atoms. The summed E-state index contributed by atoms with van der Waals surface area (Å²) in [7, 11) is 0. The van der Waals surface area contributed by atoms with Crippen LogP contribution in [0.3, 0.4) is 0 Å². The van der Waals surface area contributed by atoms with Gasteiger partial charge in [-0.25, -0.2) is 0 Å². The lowest BCUT2D eigenvalue weighted by Crippen LogP contribution is -2.60. The third kappa shape index (κ3) is 43.6. The molecule has 1 rings (SSSR count). The molecule has 9 nitrogen and oxygen atoms in total. The van der Waals surface area contributed by atoms with E-state index in [0.717, 1.165) is 96.3 Å². The predicted molar refractivity (Wildman–Crippen MR) is 322 cm³/mol. The van der Waals surface area contributed by atoms with Gasteiger partial charge in [-0.05, 0) is 89.9 Å². The largest absolute Gasteiger partial charge is 0.394 e. The average molecular weight is 1060 g/mol. The van der Waals surface area contributed by atoms with Crippen LogP contribution in [0.2, 0.25) is 0 Å². The second-order valence-electron chi connectivity index (χ2n) is 20.8. The molecule has 1 heterocycles. The smallest absolute Gasteiger partial charge is 0.220 e. The quantitative estimate of drug-likeness (QED) is 0.0261. The van der Waals surface area contributed by atoms with Gasteiger partial charge in [0.15, 0.2) is 6.29 Å². The summed E-state index contributed by atoms with van der Waals surface area (Å²) in [6.45, 7) is 3.65. The molecule has 7 unspecified atom stereocenters. The van der Waals surface area contributed by atoms with Crippen molar-refractivity contribution in [3.63, 3.8) is 0 Å². The van der Waals surface area contributed by atoms with Crippen LogP contribution >= 0.6 is 0 Å². The zero-order valence-electron chi connectivity index (χ0n) is 48.2. The molecule has 7 atom stereocenters. The Morgan fingerprint density at radius 2 is 0.816 bits per heavy atom. The molecular formula is C67H113NO8. The molecule has 1 fully saturated rings. The number of unbranched alkanes of at least 4 members (excludes halogenated alkanes) is 23. The zero-order valence-corrected chi connectivity index (χ0v) is 48.2. The Labute approximate surface area is 465 Å². The van der Waals surface area contributed by atoms with E-state index in [0.29, 0.717) is 12.8 Å². The maximum Gasteiger partial charge on any atom is 0.220 e. The van der Waals surface area contributed by atoms with Crippen LogP contribution in [0.5, 0.6) is 0 Å². The molecule has 1 saturated heterocycles. The third-order valence-electron chi connectivity index (χ3n) is 13.8. The number of ether oxygens (including phenoxy) is 2. The molecule has 0 bridgehead atoms. The molecule has 76 heavy (non-hydrogen) atoms. The van der Waals surface area contributed by atoms with E-state index < -0.39 is 49.5 Å². The number of hydrogen-bond donors (Lipinski definition) is 6. The van der Waals surface area contributed by atoms with Gasteiger partial charge < -0.3 is 40.3 Å². The first kappa shape index (κ1) is 70.6. The number of nitrogens with one attached hydrogen (secondary N) is 1. The van der Waals surface area contributed by atoms with E-state index in [2.05, 4.69) is 129 Å². The molecule has 0 aromatic heterocycles. The van der Waals surface area contributed by atoms with Crippen molar-refractivity contribution in [2.75, 3.05) is 13.2 Å². The van der Waals surface area contributed by atoms with Gasteiger partial charge in [0, 0.05) is 6.42 Å². The minimum Gasteiger partial charge on any atom is -0.394 e. The van der Waals surface area contributed by atoms with Crippen molar-refractivity contribution in [3.05, 3.63) is 122 Å². The Morgan fingerprint density at radius 1 is 0.461 bits per heavy atom. The van der Waals surface area contributed by atoms with E-state index in [1.54, 1.807) is 6.08 Å². The lowest BCUT2D eigenvalue weighted by atomic mass is 9.99. The van der Waals surface area contributed by atoms with Crippen LogP contribution in [-0.4, -0.2) is 87.5 Å². The summed E-state index contributed by atoms with van der Waals surface area (Å²) >= 11 is 0. The number of carbonyl (C=O) groups excluding carboxylic acids is 1. The molecule has 1 aliphatic rings. The van der Waals surface area contributed by atoms with Crippen molar-refractivity contribution in [2.24, 2.45) is 0 Å². The van der Waals surface area contributed by atoms with Crippen molar-refractivity contribution in [3.8, 4) is 0 Å². The highest BCUT2D eigenvalue weighted by molar-refractivity contribution is 5.76. The Balaban J connectivity index is 2.27. The standard InChI is InChI=1S/C67H113NO8/c1-3-5-7-9-11-13-15-17-19-21-23-25-27-28-29-30-31-32-33-34-35-37-39-41-43-45-47-49-51-53-55-57-63(71)68-60(59-75-67-66(74)65(73)64(72)62(58-69)76-67)61(70)56-54-52-50-48-46-44-42-40-38-36-26-24-22-20-18-16-14-12-10-8-6-4-2/h5,7,11,13,17,19,23,25,28-29,31-32,34-35,39,41,45,47,54,56,60-62,64-67,69-70,72-74H,3-4,6,8-10,12,14-16,18,20-22,24,26-27,30,33,36-38,40,42-44,46,48-53,55,57-59H2,1-2H3,(H,68,71)/b7-5-,13-11-,19-17-,25-23-,29-28-,32-31-,35-34-,41-39-,47-45-,56-54+. The minimum absolute atomic E-state index is 0.209. The fraction of sp³-hybridized carbons (Fsp3) is 0.687. The maximum absolute atomic E-state index is 13.1. The highest BCUT2D eigenvalue weighted by atomic mass is 16.7. The first-order chi connectivity index (χ1) is 37.3. The molecular weight excluding hydrogens is 947 g/mol. The van der Waals surface area contributed by atoms with Gasteiger partial charge in [-0.1, -0.05) is 264 Å². The fourth-order valence-corrected chi connectivity index (χ4v) is 8.97. The van der Waals surface area contributed by atoms with Crippen LogP contribution in [-0.2, 0) is 14.3 Å². The molecule has 1 aliphatic heterocycles. The topological polar surface area (TPSA) is 149 Å². The van der Waals surface area contributed by atoms with Crippen LogP contribution in [0.15, 0.2) is 122 Å². The molecule has 0 saturated carbocycles. The molecule has 434 valence electrons. The van der Waals surface area contributed by atoms with Gasteiger partial charge in [0.05, 0.1) is 25.4 Å². The molecule has 0 aromatic rings. The Hall–Kier alpha value is -3.41. The zero-order chi connectivity index (χ0) is 55.0. The van der Waals surface area contributed by atoms with E-state index in [-0.39, 0.29) is 12.5 Å². The van der Waals surface area contributed by atoms with Crippen LogP contribution in [0.25, 0.3) is 0 Å². The number of allylic oxidation sites excluding steroid dienone is 19. The minimum atomic E-state index is -1.58. The molecule has 0 radical (unpaired) electrons. The third-order valence-corrected chi connectivity index (χ3v) is 13.8.